The van der Waals surface area contributed by atoms with Gasteiger partial charge in [0.1, 0.15) is 5.75 Å². The first-order valence-corrected chi connectivity index (χ1v) is 7.71. The highest BCUT2D eigenvalue weighted by molar-refractivity contribution is 6.05. The number of carboxylic acid groups (broad SMARTS) is 1. The van der Waals surface area contributed by atoms with Crippen LogP contribution in [0.1, 0.15) is 26.6 Å². The summed E-state index contributed by atoms with van der Waals surface area (Å²) < 4.78 is 10.6. The van der Waals surface area contributed by atoms with Gasteiger partial charge in [0.25, 0.3) is 5.89 Å². The summed E-state index contributed by atoms with van der Waals surface area (Å²) in [6.45, 7) is 0. The highest BCUT2D eigenvalue weighted by Gasteiger charge is 2.18. The van der Waals surface area contributed by atoms with Crippen LogP contribution in [0.2, 0.25) is 0 Å². The molecule has 0 radical (unpaired) electrons. The molecule has 1 heterocycles. The standard InChI is InChI=1S/C19H13N3O5/c1-26-13-4-2-3-12(8-13)16-10-21-18(27-16)17(23)22-15-6-5-11(9-20)7-14(15)19(24)25/h2-8,10H,1H3,(H,22,23)(H,24,25). The molecule has 0 bridgehead atoms. The number of rotatable bonds is 5. The topological polar surface area (TPSA) is 125 Å². The van der Waals surface area contributed by atoms with Crippen LogP contribution in [-0.4, -0.2) is 29.1 Å². The van der Waals surface area contributed by atoms with Crippen molar-refractivity contribution in [3.8, 4) is 23.1 Å². The number of carboxylic acids is 1. The fourth-order valence-electron chi connectivity index (χ4n) is 2.36. The second-order valence-electron chi connectivity index (χ2n) is 5.39. The second kappa shape index (κ2) is 7.41. The summed E-state index contributed by atoms with van der Waals surface area (Å²) in [7, 11) is 1.54. The van der Waals surface area contributed by atoms with Crippen LogP contribution in [-0.2, 0) is 0 Å². The lowest BCUT2D eigenvalue weighted by atomic mass is 10.1. The zero-order chi connectivity index (χ0) is 19.4. The Kier molecular flexibility index (Phi) is 4.86. The number of nitriles is 1. The second-order valence-corrected chi connectivity index (χ2v) is 5.39. The van der Waals surface area contributed by atoms with Gasteiger partial charge in [-0.05, 0) is 30.3 Å². The molecule has 134 valence electrons. The number of oxazole rings is 1. The third-order valence-electron chi connectivity index (χ3n) is 3.68. The Morgan fingerprint density at radius 2 is 2.07 bits per heavy atom. The zero-order valence-corrected chi connectivity index (χ0v) is 14.1. The zero-order valence-electron chi connectivity index (χ0n) is 14.1. The molecule has 1 amide bonds. The van der Waals surface area contributed by atoms with Crippen molar-refractivity contribution in [3.63, 3.8) is 0 Å². The SMILES string of the molecule is COc1cccc(-c2cnc(C(=O)Nc3ccc(C#N)cc3C(=O)O)o2)c1. The molecule has 0 atom stereocenters. The number of nitrogens with zero attached hydrogens (tertiary/aromatic N) is 2. The van der Waals surface area contributed by atoms with Crippen LogP contribution in [0.5, 0.6) is 5.75 Å². The van der Waals surface area contributed by atoms with Crippen LogP contribution in [0.25, 0.3) is 11.3 Å². The minimum absolute atomic E-state index is 0.0348. The molecule has 2 N–H and O–H groups in total. The molecule has 8 heteroatoms. The minimum Gasteiger partial charge on any atom is -0.497 e. The lowest BCUT2D eigenvalue weighted by Crippen LogP contribution is -2.15. The number of amides is 1. The van der Waals surface area contributed by atoms with Gasteiger partial charge in [0.2, 0.25) is 0 Å². The molecule has 27 heavy (non-hydrogen) atoms. The number of aromatic carboxylic acids is 1. The van der Waals surface area contributed by atoms with Crippen molar-refractivity contribution in [3.05, 3.63) is 65.7 Å². The summed E-state index contributed by atoms with van der Waals surface area (Å²) >= 11 is 0. The highest BCUT2D eigenvalue weighted by Crippen LogP contribution is 2.25. The smallest absolute Gasteiger partial charge is 0.337 e. The molecule has 3 rings (SSSR count). The summed E-state index contributed by atoms with van der Waals surface area (Å²) in [6, 6.07) is 12.8. The van der Waals surface area contributed by atoms with Gasteiger partial charge in [0.15, 0.2) is 5.76 Å². The van der Waals surface area contributed by atoms with Crippen LogP contribution in [0.15, 0.2) is 53.1 Å². The Bertz CT molecular complexity index is 1070. The minimum atomic E-state index is -1.27. The van der Waals surface area contributed by atoms with E-state index in [1.165, 1.54) is 31.5 Å². The van der Waals surface area contributed by atoms with Crippen LogP contribution in [0, 0.1) is 11.3 Å². The average Bonchev–Trinajstić information content (AvgIpc) is 3.18. The molecule has 0 aliphatic rings. The first kappa shape index (κ1) is 17.7. The summed E-state index contributed by atoms with van der Waals surface area (Å²) in [5.74, 6) is -1.23. The number of hydrogen-bond acceptors (Lipinski definition) is 6. The number of anilines is 1. The lowest BCUT2D eigenvalue weighted by molar-refractivity contribution is 0.0698. The Hall–Kier alpha value is -4.12. The van der Waals surface area contributed by atoms with Gasteiger partial charge < -0.3 is 19.6 Å². The molecule has 0 aliphatic carbocycles. The molecule has 0 saturated heterocycles. The Labute approximate surface area is 153 Å². The average molecular weight is 363 g/mol. The number of carbonyl (C=O) groups is 2. The van der Waals surface area contributed by atoms with Crippen LogP contribution < -0.4 is 10.1 Å². The molecule has 0 unspecified atom stereocenters. The van der Waals surface area contributed by atoms with E-state index in [4.69, 9.17) is 14.4 Å². The summed E-state index contributed by atoms with van der Waals surface area (Å²) in [6.07, 6.45) is 1.39. The number of nitrogens with one attached hydrogen (secondary N) is 1. The number of ether oxygens (including phenoxy) is 1. The third-order valence-corrected chi connectivity index (χ3v) is 3.68. The van der Waals surface area contributed by atoms with Crippen molar-refractivity contribution in [2.45, 2.75) is 0 Å². The van der Waals surface area contributed by atoms with Crippen molar-refractivity contribution in [1.82, 2.24) is 4.98 Å². The maximum atomic E-state index is 12.4. The number of methoxy groups -OCH3 is 1. The maximum Gasteiger partial charge on any atom is 0.337 e. The fourth-order valence-corrected chi connectivity index (χ4v) is 2.36. The van der Waals surface area contributed by atoms with E-state index in [0.717, 1.165) is 0 Å². The summed E-state index contributed by atoms with van der Waals surface area (Å²) in [5, 5.41) is 20.6. The van der Waals surface area contributed by atoms with Gasteiger partial charge in [0.05, 0.1) is 36.2 Å². The number of carbonyl (C=O) groups excluding carboxylic acids is 1. The van der Waals surface area contributed by atoms with Crippen molar-refractivity contribution in [2.75, 3.05) is 12.4 Å². The first-order valence-electron chi connectivity index (χ1n) is 7.71. The van der Waals surface area contributed by atoms with Crippen LogP contribution in [0.3, 0.4) is 0 Å². The molecule has 3 aromatic rings. The molecule has 0 aliphatic heterocycles. The molecule has 0 saturated carbocycles. The quantitative estimate of drug-likeness (QED) is 0.713. The van der Waals surface area contributed by atoms with Crippen molar-refractivity contribution in [1.29, 1.82) is 5.26 Å². The monoisotopic (exact) mass is 363 g/mol. The van der Waals surface area contributed by atoms with E-state index in [0.29, 0.717) is 17.1 Å². The van der Waals surface area contributed by atoms with Crippen molar-refractivity contribution < 1.29 is 23.8 Å². The van der Waals surface area contributed by atoms with E-state index in [2.05, 4.69) is 10.3 Å². The van der Waals surface area contributed by atoms with Gasteiger partial charge in [-0.15, -0.1) is 0 Å². The molecular formula is C19H13N3O5. The molecule has 8 nitrogen and oxygen atoms in total. The van der Waals surface area contributed by atoms with Gasteiger partial charge in [-0.1, -0.05) is 12.1 Å². The van der Waals surface area contributed by atoms with Gasteiger partial charge in [-0.3, -0.25) is 4.79 Å². The largest absolute Gasteiger partial charge is 0.497 e. The van der Waals surface area contributed by atoms with E-state index in [-0.39, 0.29) is 22.7 Å². The maximum absolute atomic E-state index is 12.4. The van der Waals surface area contributed by atoms with Gasteiger partial charge in [-0.2, -0.15) is 5.26 Å². The predicted molar refractivity (Wildman–Crippen MR) is 94.6 cm³/mol. The molecule has 1 aromatic heterocycles. The van der Waals surface area contributed by atoms with Gasteiger partial charge >= 0.3 is 11.9 Å². The fraction of sp³-hybridized carbons (Fsp3) is 0.0526. The number of aromatic nitrogens is 1. The third kappa shape index (κ3) is 3.77. The van der Waals surface area contributed by atoms with E-state index in [1.807, 2.05) is 6.07 Å². The van der Waals surface area contributed by atoms with E-state index in [1.54, 1.807) is 24.3 Å². The van der Waals surface area contributed by atoms with E-state index < -0.39 is 11.9 Å². The Balaban J connectivity index is 1.85. The summed E-state index contributed by atoms with van der Waals surface area (Å²) in [5.41, 5.74) is 0.668. The highest BCUT2D eigenvalue weighted by atomic mass is 16.5. The summed E-state index contributed by atoms with van der Waals surface area (Å²) in [4.78, 5) is 27.6. The van der Waals surface area contributed by atoms with E-state index >= 15 is 0 Å². The van der Waals surface area contributed by atoms with Gasteiger partial charge in [0, 0.05) is 5.56 Å². The Morgan fingerprint density at radius 1 is 1.26 bits per heavy atom. The predicted octanol–water partition coefficient (Wildman–Crippen LogP) is 3.17. The normalized spacial score (nSPS) is 10.1. The van der Waals surface area contributed by atoms with Crippen molar-refractivity contribution in [2.24, 2.45) is 0 Å². The molecule has 0 spiro atoms. The molecular weight excluding hydrogens is 350 g/mol. The number of hydrogen-bond donors (Lipinski definition) is 2. The number of benzene rings is 2. The van der Waals surface area contributed by atoms with Gasteiger partial charge in [-0.25, -0.2) is 9.78 Å². The lowest BCUT2D eigenvalue weighted by Gasteiger charge is -2.07. The molecule has 0 fully saturated rings. The first-order chi connectivity index (χ1) is 13.0. The molecule has 2 aromatic carbocycles. The Morgan fingerprint density at radius 3 is 2.78 bits per heavy atom. The van der Waals surface area contributed by atoms with Crippen molar-refractivity contribution >= 4 is 17.6 Å². The van der Waals surface area contributed by atoms with E-state index in [9.17, 15) is 14.7 Å². The van der Waals surface area contributed by atoms with Crippen LogP contribution in [0.4, 0.5) is 5.69 Å². The van der Waals surface area contributed by atoms with Crippen LogP contribution >= 0.6 is 0 Å².